The first kappa shape index (κ1) is 27.8. The van der Waals surface area contributed by atoms with Crippen molar-refractivity contribution in [3.8, 4) is 34.0 Å². The summed E-state index contributed by atoms with van der Waals surface area (Å²) in [5.74, 6) is 1.17. The first-order valence-electron chi connectivity index (χ1n) is 17.0. The third-order valence-electron chi connectivity index (χ3n) is 9.99. The number of hydrogen-bond donors (Lipinski definition) is 0. The fourth-order valence-electron chi connectivity index (χ4n) is 7.80. The van der Waals surface area contributed by atoms with Gasteiger partial charge in [-0.15, -0.1) is 5.10 Å². The van der Waals surface area contributed by atoms with Crippen LogP contribution in [0.2, 0.25) is 0 Å². The van der Waals surface area contributed by atoms with Crippen LogP contribution in [0.5, 0.6) is 0 Å². The molecule has 0 aliphatic heterocycles. The van der Waals surface area contributed by atoms with Crippen LogP contribution in [0, 0.1) is 0 Å². The van der Waals surface area contributed by atoms with Gasteiger partial charge in [0, 0.05) is 44.3 Å². The van der Waals surface area contributed by atoms with Gasteiger partial charge in [-0.25, -0.2) is 4.98 Å². The van der Waals surface area contributed by atoms with Crippen molar-refractivity contribution in [1.29, 1.82) is 0 Å². The maximum absolute atomic E-state index is 5.13. The smallest absolute Gasteiger partial charge is 0.253 e. The first-order chi connectivity index (χ1) is 25.3. The van der Waals surface area contributed by atoms with E-state index < -0.39 is 0 Å². The van der Waals surface area contributed by atoms with Gasteiger partial charge in [0.1, 0.15) is 0 Å². The van der Waals surface area contributed by atoms with Crippen LogP contribution in [0.3, 0.4) is 0 Å². The summed E-state index contributed by atoms with van der Waals surface area (Å²) in [5, 5.41) is 10.9. The van der Waals surface area contributed by atoms with Crippen molar-refractivity contribution in [2.45, 2.75) is 0 Å². The van der Waals surface area contributed by atoms with E-state index in [9.17, 15) is 0 Å². The number of benzene rings is 6. The number of para-hydroxylation sites is 4. The highest BCUT2D eigenvalue weighted by molar-refractivity contribution is 6.19. The van der Waals surface area contributed by atoms with Crippen LogP contribution in [-0.4, -0.2) is 33.7 Å². The van der Waals surface area contributed by atoms with Crippen molar-refractivity contribution in [1.82, 2.24) is 33.7 Å². The largest absolute Gasteiger partial charge is 0.308 e. The average molecular weight is 654 g/mol. The van der Waals surface area contributed by atoms with Crippen molar-refractivity contribution in [2.75, 3.05) is 0 Å². The molecular weight excluding hydrogens is 627 g/mol. The molecule has 7 heteroatoms. The second-order valence-electron chi connectivity index (χ2n) is 12.8. The molecule has 0 bridgehead atoms. The first-order valence-corrected chi connectivity index (χ1v) is 17.0. The maximum atomic E-state index is 5.13. The summed E-state index contributed by atoms with van der Waals surface area (Å²) in [6.45, 7) is 0. The molecule has 238 valence electrons. The van der Waals surface area contributed by atoms with Crippen molar-refractivity contribution < 1.29 is 0 Å². The van der Waals surface area contributed by atoms with E-state index in [4.69, 9.17) is 15.1 Å². The van der Waals surface area contributed by atoms with E-state index >= 15 is 0 Å². The number of nitrogens with zero attached hydrogens (tertiary/aromatic N) is 7. The van der Waals surface area contributed by atoms with Gasteiger partial charge < -0.3 is 9.13 Å². The molecule has 0 radical (unpaired) electrons. The van der Waals surface area contributed by atoms with E-state index in [0.717, 1.165) is 61.2 Å². The Morgan fingerprint density at radius 2 is 1.10 bits per heavy atom. The van der Waals surface area contributed by atoms with E-state index in [2.05, 4.69) is 129 Å². The van der Waals surface area contributed by atoms with Crippen molar-refractivity contribution in [3.05, 3.63) is 164 Å². The van der Waals surface area contributed by atoms with Gasteiger partial charge in [0.15, 0.2) is 5.82 Å². The molecule has 0 saturated heterocycles. The highest BCUT2D eigenvalue weighted by Gasteiger charge is 2.22. The van der Waals surface area contributed by atoms with Crippen molar-refractivity contribution in [3.63, 3.8) is 0 Å². The number of rotatable bonds is 4. The molecule has 0 fully saturated rings. The molecule has 0 unspecified atom stereocenters. The second kappa shape index (κ2) is 10.7. The van der Waals surface area contributed by atoms with Crippen LogP contribution in [-0.2, 0) is 0 Å². The Morgan fingerprint density at radius 3 is 1.86 bits per heavy atom. The number of hydrogen-bond acceptors (Lipinski definition) is 4. The molecule has 5 heterocycles. The third-order valence-corrected chi connectivity index (χ3v) is 9.99. The lowest BCUT2D eigenvalue weighted by Gasteiger charge is -2.12. The van der Waals surface area contributed by atoms with Crippen LogP contribution >= 0.6 is 0 Å². The summed E-state index contributed by atoms with van der Waals surface area (Å²) in [6, 6.07) is 53.0. The lowest BCUT2D eigenvalue weighted by atomic mass is 10.1. The van der Waals surface area contributed by atoms with Crippen LogP contribution in [0.4, 0.5) is 0 Å². The van der Waals surface area contributed by atoms with Gasteiger partial charge in [-0.2, -0.15) is 9.50 Å². The Labute approximate surface area is 291 Å². The van der Waals surface area contributed by atoms with E-state index in [1.165, 1.54) is 21.5 Å². The van der Waals surface area contributed by atoms with Gasteiger partial charge in [-0.1, -0.05) is 97.1 Å². The summed E-state index contributed by atoms with van der Waals surface area (Å²) >= 11 is 0. The van der Waals surface area contributed by atoms with Crippen LogP contribution in [0.15, 0.2) is 164 Å². The van der Waals surface area contributed by atoms with E-state index in [0.29, 0.717) is 11.6 Å². The zero-order valence-corrected chi connectivity index (χ0v) is 27.2. The molecule has 7 nitrogen and oxygen atoms in total. The molecule has 0 N–H and O–H groups in total. The van der Waals surface area contributed by atoms with Crippen LogP contribution in [0.1, 0.15) is 0 Å². The molecule has 11 rings (SSSR count). The number of pyridine rings is 1. The normalized spacial score (nSPS) is 11.9. The van der Waals surface area contributed by atoms with E-state index in [1.54, 1.807) is 0 Å². The van der Waals surface area contributed by atoms with Gasteiger partial charge in [0.25, 0.3) is 5.78 Å². The van der Waals surface area contributed by atoms with E-state index in [1.807, 2.05) is 53.3 Å². The van der Waals surface area contributed by atoms with Gasteiger partial charge in [-0.3, -0.25) is 4.98 Å². The highest BCUT2D eigenvalue weighted by atomic mass is 15.3. The maximum Gasteiger partial charge on any atom is 0.253 e. The molecule has 0 aliphatic carbocycles. The molecule has 51 heavy (non-hydrogen) atoms. The summed E-state index contributed by atoms with van der Waals surface area (Å²) in [4.78, 5) is 14.7. The Kier molecular flexibility index (Phi) is 5.83. The highest BCUT2D eigenvalue weighted by Crippen LogP contribution is 2.41. The zero-order valence-electron chi connectivity index (χ0n) is 27.2. The SMILES string of the molecule is c1ccc(-c2nc3nc(-c4ccccc4-n4c5ccccc5c5cc6c7ccccc7n(-c7cccnc7)c6cc54)nn3c3ccccc23)cc1. The predicted octanol–water partition coefficient (Wildman–Crippen LogP) is 10.2. The Bertz CT molecular complexity index is 3140. The Hall–Kier alpha value is -7.12. The number of aromatic nitrogens is 7. The third kappa shape index (κ3) is 4.06. The summed E-state index contributed by atoms with van der Waals surface area (Å²) < 4.78 is 6.54. The van der Waals surface area contributed by atoms with Crippen LogP contribution in [0.25, 0.3) is 94.3 Å². The molecule has 0 aliphatic rings. The topological polar surface area (TPSA) is 65.8 Å². The minimum atomic E-state index is 0.558. The summed E-state index contributed by atoms with van der Waals surface area (Å²) in [7, 11) is 0. The molecular formula is C44H27N7. The molecule has 0 spiro atoms. The molecule has 6 aromatic carbocycles. The van der Waals surface area contributed by atoms with Gasteiger partial charge in [0.05, 0.1) is 50.8 Å². The Morgan fingerprint density at radius 1 is 0.451 bits per heavy atom. The van der Waals surface area contributed by atoms with E-state index in [-0.39, 0.29) is 0 Å². The fourth-order valence-corrected chi connectivity index (χ4v) is 7.80. The fraction of sp³-hybridized carbons (Fsp3) is 0. The molecule has 11 aromatic rings. The lowest BCUT2D eigenvalue weighted by molar-refractivity contribution is 0.987. The lowest BCUT2D eigenvalue weighted by Crippen LogP contribution is -1.99. The van der Waals surface area contributed by atoms with Crippen LogP contribution < -0.4 is 0 Å². The number of fused-ring (bicyclic) bond motifs is 9. The molecule has 0 atom stereocenters. The average Bonchev–Trinajstić information content (AvgIpc) is 3.87. The standard InChI is InChI=1S/C44H27N7/c1-2-13-28(14-3-1)42-32-18-6-11-23-39(32)51-44(46-42)47-43(48-51)33-19-7-10-22-38(33)50-37-21-9-5-17-31(37)35-25-34-30-16-4-8-20-36(30)49(40(34)26-41(35)50)29-15-12-24-45-27-29/h1-27H. The summed E-state index contributed by atoms with van der Waals surface area (Å²) in [5.41, 5.74) is 10.3. The molecule has 0 amide bonds. The van der Waals surface area contributed by atoms with Crippen molar-refractivity contribution in [2.24, 2.45) is 0 Å². The zero-order chi connectivity index (χ0) is 33.5. The summed E-state index contributed by atoms with van der Waals surface area (Å²) in [6.07, 6.45) is 3.75. The monoisotopic (exact) mass is 653 g/mol. The Balaban J connectivity index is 1.20. The second-order valence-corrected chi connectivity index (χ2v) is 12.8. The predicted molar refractivity (Wildman–Crippen MR) is 206 cm³/mol. The minimum Gasteiger partial charge on any atom is -0.308 e. The molecule has 5 aromatic heterocycles. The van der Waals surface area contributed by atoms with Crippen molar-refractivity contribution >= 4 is 60.3 Å². The molecule has 0 saturated carbocycles. The van der Waals surface area contributed by atoms with Gasteiger partial charge >= 0.3 is 0 Å². The minimum absolute atomic E-state index is 0.558. The van der Waals surface area contributed by atoms with Gasteiger partial charge in [0.2, 0.25) is 0 Å². The quantitative estimate of drug-likeness (QED) is 0.190. The van der Waals surface area contributed by atoms with Gasteiger partial charge in [-0.05, 0) is 54.6 Å².